The maximum Gasteiger partial charge on any atom is 0.0462 e. The molecular formula is C50H49N. The first-order valence-corrected chi connectivity index (χ1v) is 19.2. The Labute approximate surface area is 305 Å². The Kier molecular flexibility index (Phi) is 8.19. The number of hydrogen-bond donors (Lipinski definition) is 0. The van der Waals surface area contributed by atoms with Crippen molar-refractivity contribution in [2.45, 2.75) is 65.7 Å². The Balaban J connectivity index is 1.05. The van der Waals surface area contributed by atoms with E-state index in [1.54, 1.807) is 5.56 Å². The van der Waals surface area contributed by atoms with Gasteiger partial charge in [0.15, 0.2) is 0 Å². The summed E-state index contributed by atoms with van der Waals surface area (Å²) in [4.78, 5) is 2.39. The lowest BCUT2D eigenvalue weighted by Crippen LogP contribution is -2.43. The molecule has 0 atom stereocenters. The predicted molar refractivity (Wildman–Crippen MR) is 216 cm³/mol. The molecule has 0 aromatic heterocycles. The first kappa shape index (κ1) is 32.1. The van der Waals surface area contributed by atoms with E-state index in [-0.39, 0.29) is 0 Å². The fourth-order valence-electron chi connectivity index (χ4n) is 10.5. The summed E-state index contributed by atoms with van der Waals surface area (Å²) in [6, 6.07) is 50.6. The maximum atomic E-state index is 2.52. The van der Waals surface area contributed by atoms with Gasteiger partial charge in [-0.3, -0.25) is 0 Å². The van der Waals surface area contributed by atoms with Gasteiger partial charge in [-0.25, -0.2) is 0 Å². The summed E-state index contributed by atoms with van der Waals surface area (Å²) in [5.74, 6) is 4.57. The zero-order chi connectivity index (χ0) is 34.6. The van der Waals surface area contributed by atoms with E-state index in [4.69, 9.17) is 0 Å². The van der Waals surface area contributed by atoms with E-state index in [0.29, 0.717) is 0 Å². The summed E-state index contributed by atoms with van der Waals surface area (Å²) in [7, 11) is 0. The molecule has 0 amide bonds. The van der Waals surface area contributed by atoms with Gasteiger partial charge in [-0.2, -0.15) is 0 Å². The number of hydrogen-bond acceptors (Lipinski definition) is 1. The molecule has 0 saturated heterocycles. The van der Waals surface area contributed by atoms with Crippen molar-refractivity contribution in [3.63, 3.8) is 0 Å². The normalized spacial score (nSPS) is 21.9. The van der Waals surface area contributed by atoms with Crippen molar-refractivity contribution >= 4 is 17.1 Å². The van der Waals surface area contributed by atoms with E-state index in [9.17, 15) is 0 Å². The minimum atomic E-state index is 0.755. The molecule has 10 rings (SSSR count). The van der Waals surface area contributed by atoms with Crippen LogP contribution in [0.5, 0.6) is 0 Å². The SMILES string of the molecule is Cc1cc(C)cc(-c2ccc(N(c3ccc(-c4cc(C)cc(C)c4)cc3)c3ccc(-c4cccc(C5C6CC7CC(C6)CC5C7)c4)cc3)cc2)c1. The van der Waals surface area contributed by atoms with Crippen molar-refractivity contribution in [2.24, 2.45) is 23.7 Å². The van der Waals surface area contributed by atoms with Gasteiger partial charge in [-0.15, -0.1) is 0 Å². The second kappa shape index (κ2) is 13.0. The van der Waals surface area contributed by atoms with Gasteiger partial charge >= 0.3 is 0 Å². The van der Waals surface area contributed by atoms with Crippen LogP contribution in [0.25, 0.3) is 33.4 Å². The topological polar surface area (TPSA) is 3.24 Å². The van der Waals surface area contributed by atoms with Crippen LogP contribution >= 0.6 is 0 Å². The van der Waals surface area contributed by atoms with Crippen molar-refractivity contribution in [2.75, 3.05) is 4.90 Å². The molecule has 4 fully saturated rings. The average molecular weight is 664 g/mol. The third kappa shape index (κ3) is 6.33. The van der Waals surface area contributed by atoms with Crippen LogP contribution in [0, 0.1) is 51.4 Å². The number of benzene rings is 6. The smallest absolute Gasteiger partial charge is 0.0462 e. The Bertz CT molecular complexity index is 2020. The van der Waals surface area contributed by atoms with E-state index in [1.807, 2.05) is 0 Å². The molecule has 0 N–H and O–H groups in total. The summed E-state index contributed by atoms with van der Waals surface area (Å²) in [5.41, 5.74) is 17.9. The third-order valence-corrected chi connectivity index (χ3v) is 12.3. The monoisotopic (exact) mass is 663 g/mol. The Morgan fingerprint density at radius 2 is 0.765 bits per heavy atom. The van der Waals surface area contributed by atoms with Gasteiger partial charge in [-0.05, 0) is 165 Å². The number of anilines is 3. The highest BCUT2D eigenvalue weighted by molar-refractivity contribution is 5.81. The molecule has 0 spiro atoms. The van der Waals surface area contributed by atoms with Crippen molar-refractivity contribution in [1.29, 1.82) is 0 Å². The lowest BCUT2D eigenvalue weighted by molar-refractivity contribution is -0.00276. The van der Waals surface area contributed by atoms with Gasteiger partial charge < -0.3 is 4.90 Å². The highest BCUT2D eigenvalue weighted by atomic mass is 15.1. The summed E-state index contributed by atoms with van der Waals surface area (Å²) >= 11 is 0. The van der Waals surface area contributed by atoms with E-state index in [0.717, 1.165) is 46.7 Å². The van der Waals surface area contributed by atoms with Crippen LogP contribution in [-0.2, 0) is 0 Å². The molecule has 1 heteroatoms. The molecule has 51 heavy (non-hydrogen) atoms. The average Bonchev–Trinajstić information content (AvgIpc) is 3.12. The number of nitrogens with zero attached hydrogens (tertiary/aromatic N) is 1. The first-order chi connectivity index (χ1) is 24.8. The van der Waals surface area contributed by atoms with E-state index in [2.05, 4.69) is 166 Å². The largest absolute Gasteiger partial charge is 0.311 e. The molecule has 6 aromatic rings. The molecule has 0 heterocycles. The zero-order valence-electron chi connectivity index (χ0n) is 30.6. The molecule has 4 saturated carbocycles. The van der Waals surface area contributed by atoms with Crippen LogP contribution in [0.3, 0.4) is 0 Å². The highest BCUT2D eigenvalue weighted by Gasteiger charge is 2.48. The van der Waals surface area contributed by atoms with E-state index >= 15 is 0 Å². The molecular weight excluding hydrogens is 615 g/mol. The van der Waals surface area contributed by atoms with Gasteiger partial charge in [0.2, 0.25) is 0 Å². The minimum Gasteiger partial charge on any atom is -0.311 e. The van der Waals surface area contributed by atoms with Crippen molar-refractivity contribution in [1.82, 2.24) is 0 Å². The maximum absolute atomic E-state index is 2.52. The standard InChI is InChI=1S/C50H49N/c1-32-20-33(2)23-43(22-32)39-10-16-48(17-11-39)51(49-18-12-40(13-19-49)44-24-34(3)21-35(4)25-44)47-14-8-38(9-15-47)41-6-5-7-42(31-41)50-45-27-36-26-37(29-45)30-46(50)28-36/h5-25,31,36-37,45-46,50H,26-30H2,1-4H3. The Morgan fingerprint density at radius 3 is 1.18 bits per heavy atom. The van der Waals surface area contributed by atoms with Crippen LogP contribution in [0.2, 0.25) is 0 Å². The summed E-state index contributed by atoms with van der Waals surface area (Å²) in [6.07, 6.45) is 7.36. The van der Waals surface area contributed by atoms with Gasteiger partial charge in [0.05, 0.1) is 0 Å². The van der Waals surface area contributed by atoms with Gasteiger partial charge in [0.1, 0.15) is 0 Å². The summed E-state index contributed by atoms with van der Waals surface area (Å²) in [6.45, 7) is 8.71. The van der Waals surface area contributed by atoms with Crippen LogP contribution in [0.1, 0.15) is 65.8 Å². The third-order valence-electron chi connectivity index (χ3n) is 12.3. The molecule has 254 valence electrons. The van der Waals surface area contributed by atoms with Crippen LogP contribution in [-0.4, -0.2) is 0 Å². The highest BCUT2D eigenvalue weighted by Crippen LogP contribution is 2.60. The van der Waals surface area contributed by atoms with Crippen molar-refractivity contribution in [3.8, 4) is 33.4 Å². The lowest BCUT2D eigenvalue weighted by Gasteiger charge is -2.54. The van der Waals surface area contributed by atoms with Crippen LogP contribution < -0.4 is 4.90 Å². The number of rotatable bonds is 7. The quantitative estimate of drug-likeness (QED) is 0.164. The Hall–Kier alpha value is -4.88. The molecule has 4 aliphatic rings. The lowest BCUT2D eigenvalue weighted by atomic mass is 9.50. The molecule has 1 nitrogen and oxygen atoms in total. The van der Waals surface area contributed by atoms with E-state index < -0.39 is 0 Å². The van der Waals surface area contributed by atoms with Crippen LogP contribution in [0.4, 0.5) is 17.1 Å². The van der Waals surface area contributed by atoms with Gasteiger partial charge in [-0.1, -0.05) is 119 Å². The van der Waals surface area contributed by atoms with Crippen molar-refractivity contribution in [3.05, 3.63) is 161 Å². The molecule has 0 unspecified atom stereocenters. The second-order valence-electron chi connectivity index (χ2n) is 16.3. The second-order valence-corrected chi connectivity index (χ2v) is 16.3. The van der Waals surface area contributed by atoms with Crippen molar-refractivity contribution < 1.29 is 0 Å². The minimum absolute atomic E-state index is 0.755. The Morgan fingerprint density at radius 1 is 0.373 bits per heavy atom. The molecule has 6 aromatic carbocycles. The van der Waals surface area contributed by atoms with Gasteiger partial charge in [0.25, 0.3) is 0 Å². The molecule has 4 aliphatic carbocycles. The molecule has 0 aliphatic heterocycles. The molecule has 0 radical (unpaired) electrons. The summed E-state index contributed by atoms with van der Waals surface area (Å²) in [5, 5.41) is 0. The van der Waals surface area contributed by atoms with E-state index in [1.165, 1.54) is 87.7 Å². The number of aryl methyl sites for hydroxylation is 4. The first-order valence-electron chi connectivity index (χ1n) is 19.2. The van der Waals surface area contributed by atoms with Crippen LogP contribution in [0.15, 0.2) is 133 Å². The molecule has 4 bridgehead atoms. The predicted octanol–water partition coefficient (Wildman–Crippen LogP) is 13.9. The van der Waals surface area contributed by atoms with Gasteiger partial charge in [0, 0.05) is 17.1 Å². The fraction of sp³-hybridized carbons (Fsp3) is 0.280. The zero-order valence-corrected chi connectivity index (χ0v) is 30.6. The summed E-state index contributed by atoms with van der Waals surface area (Å²) < 4.78 is 0. The fourth-order valence-corrected chi connectivity index (χ4v) is 10.5.